The lowest BCUT2D eigenvalue weighted by atomic mass is 10.1. The molecule has 2 aromatic heterocycles. The van der Waals surface area contributed by atoms with Crippen LogP contribution < -0.4 is 30.0 Å². The molecule has 0 saturated heterocycles. The summed E-state index contributed by atoms with van der Waals surface area (Å²) in [5.74, 6) is -4.96. The standard InChI is InChI=1S/C23H18F6N4O6/c1-3-37-18-17(21(35)33-11-6-7-31-13(8-11)20(30)34)16(10-32-19(18)22(24,25)26)38-14-5-4-12(9-15(14)36-2)39-23(27,28)29/h4-10H,3H2,1-2H3,(H2,30,34)(H,31,33,35). The van der Waals surface area contributed by atoms with E-state index >= 15 is 0 Å². The molecule has 39 heavy (non-hydrogen) atoms. The summed E-state index contributed by atoms with van der Waals surface area (Å²) < 4.78 is 98.5. The number of nitrogens with zero attached hydrogens (tertiary/aromatic N) is 2. The third-order valence-electron chi connectivity index (χ3n) is 4.64. The highest BCUT2D eigenvalue weighted by Crippen LogP contribution is 2.43. The number of hydrogen-bond donors (Lipinski definition) is 2. The van der Waals surface area contributed by atoms with E-state index in [9.17, 15) is 35.9 Å². The fourth-order valence-corrected chi connectivity index (χ4v) is 3.14. The minimum Gasteiger partial charge on any atom is -0.493 e. The van der Waals surface area contributed by atoms with Crippen molar-refractivity contribution < 1.29 is 54.9 Å². The minimum absolute atomic E-state index is 0.0613. The number of ether oxygens (including phenoxy) is 4. The monoisotopic (exact) mass is 560 g/mol. The van der Waals surface area contributed by atoms with Crippen LogP contribution in [0.4, 0.5) is 32.0 Å². The molecule has 208 valence electrons. The van der Waals surface area contributed by atoms with Crippen LogP contribution in [0.25, 0.3) is 0 Å². The van der Waals surface area contributed by atoms with Crippen molar-refractivity contribution >= 4 is 17.5 Å². The van der Waals surface area contributed by atoms with Crippen molar-refractivity contribution in [2.75, 3.05) is 19.0 Å². The zero-order valence-corrected chi connectivity index (χ0v) is 19.9. The molecular weight excluding hydrogens is 542 g/mol. The zero-order valence-electron chi connectivity index (χ0n) is 19.9. The van der Waals surface area contributed by atoms with Gasteiger partial charge in [-0.05, 0) is 31.2 Å². The summed E-state index contributed by atoms with van der Waals surface area (Å²) in [7, 11) is 1.09. The highest BCUT2D eigenvalue weighted by Gasteiger charge is 2.40. The first-order chi connectivity index (χ1) is 18.2. The Morgan fingerprint density at radius 3 is 2.31 bits per heavy atom. The minimum atomic E-state index is -5.05. The molecule has 0 fully saturated rings. The van der Waals surface area contributed by atoms with Crippen LogP contribution in [0.5, 0.6) is 28.7 Å². The number of methoxy groups -OCH3 is 1. The summed E-state index contributed by atoms with van der Waals surface area (Å²) >= 11 is 0. The van der Waals surface area contributed by atoms with Crippen molar-refractivity contribution in [3.63, 3.8) is 0 Å². The van der Waals surface area contributed by atoms with Gasteiger partial charge in [-0.1, -0.05) is 0 Å². The lowest BCUT2D eigenvalue weighted by molar-refractivity contribution is -0.274. The maximum Gasteiger partial charge on any atom is 0.573 e. The van der Waals surface area contributed by atoms with E-state index in [1.165, 1.54) is 13.0 Å². The van der Waals surface area contributed by atoms with Crippen LogP contribution in [0.2, 0.25) is 0 Å². The molecule has 16 heteroatoms. The second-order valence-electron chi connectivity index (χ2n) is 7.32. The van der Waals surface area contributed by atoms with E-state index in [2.05, 4.69) is 20.0 Å². The number of primary amides is 1. The third-order valence-corrected chi connectivity index (χ3v) is 4.64. The average molecular weight is 560 g/mol. The quantitative estimate of drug-likeness (QED) is 0.352. The third kappa shape index (κ3) is 7.18. The van der Waals surface area contributed by atoms with E-state index in [1.54, 1.807) is 0 Å². The average Bonchev–Trinajstić information content (AvgIpc) is 2.83. The number of amides is 2. The van der Waals surface area contributed by atoms with Crippen LogP contribution in [0.3, 0.4) is 0 Å². The molecule has 2 heterocycles. The number of hydrogen-bond acceptors (Lipinski definition) is 8. The van der Waals surface area contributed by atoms with Gasteiger partial charge < -0.3 is 30.0 Å². The van der Waals surface area contributed by atoms with Crippen molar-refractivity contribution in [3.8, 4) is 28.7 Å². The topological polar surface area (TPSA) is 135 Å². The van der Waals surface area contributed by atoms with E-state index in [0.717, 1.165) is 37.6 Å². The lowest BCUT2D eigenvalue weighted by Crippen LogP contribution is -2.20. The number of alkyl halides is 6. The number of anilines is 1. The van der Waals surface area contributed by atoms with Crippen LogP contribution in [-0.2, 0) is 6.18 Å². The molecule has 0 unspecified atom stereocenters. The second kappa shape index (κ2) is 11.3. The zero-order chi connectivity index (χ0) is 29.0. The van der Waals surface area contributed by atoms with Crippen molar-refractivity contribution in [3.05, 3.63) is 59.7 Å². The van der Waals surface area contributed by atoms with Gasteiger partial charge in [0.15, 0.2) is 28.7 Å². The highest BCUT2D eigenvalue weighted by atomic mass is 19.4. The highest BCUT2D eigenvalue weighted by molar-refractivity contribution is 6.08. The Morgan fingerprint density at radius 1 is 1.00 bits per heavy atom. The van der Waals surface area contributed by atoms with Gasteiger partial charge in [-0.2, -0.15) is 13.2 Å². The van der Waals surface area contributed by atoms with Gasteiger partial charge in [-0.15, -0.1) is 13.2 Å². The van der Waals surface area contributed by atoms with E-state index in [4.69, 9.17) is 19.9 Å². The Morgan fingerprint density at radius 2 is 1.72 bits per heavy atom. The summed E-state index contributed by atoms with van der Waals surface area (Å²) in [5, 5.41) is 2.30. The SMILES string of the molecule is CCOc1c(C(F)(F)F)ncc(Oc2ccc(OC(F)(F)F)cc2OC)c1C(=O)Nc1ccnc(C(N)=O)c1. The molecule has 3 N–H and O–H groups in total. The number of carbonyl (C=O) groups is 2. The number of benzene rings is 1. The molecule has 2 amide bonds. The van der Waals surface area contributed by atoms with Crippen molar-refractivity contribution in [2.45, 2.75) is 19.5 Å². The van der Waals surface area contributed by atoms with Gasteiger partial charge in [0, 0.05) is 18.0 Å². The maximum atomic E-state index is 13.7. The van der Waals surface area contributed by atoms with E-state index in [0.29, 0.717) is 6.20 Å². The van der Waals surface area contributed by atoms with Crippen LogP contribution >= 0.6 is 0 Å². The van der Waals surface area contributed by atoms with Gasteiger partial charge >= 0.3 is 12.5 Å². The number of pyridine rings is 2. The number of aromatic nitrogens is 2. The summed E-state index contributed by atoms with van der Waals surface area (Å²) in [5.41, 5.74) is 2.55. The fraction of sp³-hybridized carbons (Fsp3) is 0.217. The Kier molecular flexibility index (Phi) is 8.36. The molecule has 0 aliphatic heterocycles. The van der Waals surface area contributed by atoms with Crippen molar-refractivity contribution in [2.24, 2.45) is 5.73 Å². The van der Waals surface area contributed by atoms with Gasteiger partial charge in [-0.3, -0.25) is 14.6 Å². The number of nitrogens with one attached hydrogen (secondary N) is 1. The molecule has 0 atom stereocenters. The molecule has 0 radical (unpaired) electrons. The Hall–Kier alpha value is -4.76. The summed E-state index contributed by atoms with van der Waals surface area (Å²) in [6.45, 7) is 1.04. The molecule has 3 rings (SSSR count). The fourth-order valence-electron chi connectivity index (χ4n) is 3.14. The summed E-state index contributed by atoms with van der Waals surface area (Å²) in [6, 6.07) is 4.96. The molecule has 0 aliphatic rings. The Balaban J connectivity index is 2.13. The van der Waals surface area contributed by atoms with Crippen molar-refractivity contribution in [1.29, 1.82) is 0 Å². The first-order valence-electron chi connectivity index (χ1n) is 10.6. The smallest absolute Gasteiger partial charge is 0.493 e. The Bertz CT molecular complexity index is 1380. The van der Waals surface area contributed by atoms with E-state index in [1.807, 2.05) is 0 Å². The predicted octanol–water partition coefficient (Wildman–Crippen LogP) is 4.94. The molecule has 0 bridgehead atoms. The van der Waals surface area contributed by atoms with Gasteiger partial charge in [-0.25, -0.2) is 4.98 Å². The van der Waals surface area contributed by atoms with Crippen LogP contribution in [0.1, 0.15) is 33.5 Å². The molecule has 1 aromatic carbocycles. The van der Waals surface area contributed by atoms with Gasteiger partial charge in [0.1, 0.15) is 17.0 Å². The first-order valence-corrected chi connectivity index (χ1v) is 10.6. The largest absolute Gasteiger partial charge is 0.573 e. The predicted molar refractivity (Wildman–Crippen MR) is 121 cm³/mol. The molecule has 3 aromatic rings. The number of nitrogens with two attached hydrogens (primary N) is 1. The molecule has 0 spiro atoms. The van der Waals surface area contributed by atoms with E-state index < -0.39 is 52.9 Å². The van der Waals surface area contributed by atoms with Crippen molar-refractivity contribution in [1.82, 2.24) is 9.97 Å². The first kappa shape index (κ1) is 28.8. The number of carbonyl (C=O) groups excluding carboxylic acids is 2. The summed E-state index contributed by atoms with van der Waals surface area (Å²) in [6.07, 6.45) is -8.35. The van der Waals surface area contributed by atoms with Gasteiger partial charge in [0.2, 0.25) is 0 Å². The van der Waals surface area contributed by atoms with Crippen LogP contribution in [0.15, 0.2) is 42.7 Å². The van der Waals surface area contributed by atoms with Gasteiger partial charge in [0.05, 0.1) is 19.9 Å². The molecule has 10 nitrogen and oxygen atoms in total. The lowest BCUT2D eigenvalue weighted by Gasteiger charge is -2.20. The summed E-state index contributed by atoms with van der Waals surface area (Å²) in [4.78, 5) is 31.7. The Labute approximate surface area is 215 Å². The normalized spacial score (nSPS) is 11.5. The molecule has 0 aliphatic carbocycles. The second-order valence-corrected chi connectivity index (χ2v) is 7.32. The van der Waals surface area contributed by atoms with Crippen LogP contribution in [0, 0.1) is 0 Å². The van der Waals surface area contributed by atoms with Gasteiger partial charge in [0.25, 0.3) is 11.8 Å². The molecule has 0 saturated carbocycles. The number of rotatable bonds is 9. The molecular formula is C23H18F6N4O6. The van der Waals surface area contributed by atoms with E-state index in [-0.39, 0.29) is 29.5 Å². The van der Waals surface area contributed by atoms with Crippen LogP contribution in [-0.4, -0.2) is 41.9 Å². The number of halogens is 6. The maximum absolute atomic E-state index is 13.7.